The van der Waals surface area contributed by atoms with Crippen molar-refractivity contribution >= 4 is 0 Å². The Bertz CT molecular complexity index is 493. The Morgan fingerprint density at radius 3 is 2.76 bits per heavy atom. The largest absolute Gasteiger partial charge is 0.304 e. The maximum absolute atomic E-state index is 4.66. The van der Waals surface area contributed by atoms with E-state index in [4.69, 9.17) is 0 Å². The van der Waals surface area contributed by atoms with Crippen LogP contribution in [-0.2, 0) is 6.54 Å². The van der Waals surface area contributed by atoms with Crippen LogP contribution in [0, 0.1) is 13.8 Å². The van der Waals surface area contributed by atoms with Crippen molar-refractivity contribution in [2.45, 2.75) is 33.4 Å². The molecular weight excluding hydrogens is 214 g/mol. The highest BCUT2D eigenvalue weighted by Gasteiger charge is 2.08. The fourth-order valence-corrected chi connectivity index (χ4v) is 1.72. The molecule has 0 saturated heterocycles. The molecular formula is C13H17N3O. The Morgan fingerprint density at radius 1 is 1.29 bits per heavy atom. The van der Waals surface area contributed by atoms with E-state index >= 15 is 0 Å². The maximum atomic E-state index is 4.66. The van der Waals surface area contributed by atoms with Crippen molar-refractivity contribution < 1.29 is 4.63 Å². The fourth-order valence-electron chi connectivity index (χ4n) is 1.72. The van der Waals surface area contributed by atoms with E-state index in [0.717, 1.165) is 11.4 Å². The van der Waals surface area contributed by atoms with Crippen molar-refractivity contribution in [1.29, 1.82) is 0 Å². The Balaban J connectivity index is 1.98. The third-order valence-electron chi connectivity index (χ3n) is 2.86. The first-order valence-electron chi connectivity index (χ1n) is 5.75. The Labute approximate surface area is 101 Å². The first-order chi connectivity index (χ1) is 8.16. The van der Waals surface area contributed by atoms with Crippen LogP contribution in [0.4, 0.5) is 0 Å². The molecule has 1 N–H and O–H groups in total. The normalized spacial score (nSPS) is 12.6. The van der Waals surface area contributed by atoms with Gasteiger partial charge in [-0.25, -0.2) is 4.63 Å². The van der Waals surface area contributed by atoms with Crippen LogP contribution in [0.25, 0.3) is 0 Å². The van der Waals surface area contributed by atoms with Crippen LogP contribution in [0.2, 0.25) is 0 Å². The number of aryl methyl sites for hydroxylation is 2. The molecule has 0 fully saturated rings. The molecule has 2 aromatic rings. The molecule has 0 saturated carbocycles. The van der Waals surface area contributed by atoms with Crippen LogP contribution >= 0.6 is 0 Å². The third kappa shape index (κ3) is 2.91. The molecule has 90 valence electrons. The molecule has 1 atom stereocenters. The molecule has 0 aliphatic rings. The molecule has 2 rings (SSSR count). The zero-order valence-corrected chi connectivity index (χ0v) is 10.4. The summed E-state index contributed by atoms with van der Waals surface area (Å²) in [5, 5.41) is 11.0. The van der Waals surface area contributed by atoms with Gasteiger partial charge in [-0.2, -0.15) is 0 Å². The highest BCUT2D eigenvalue weighted by Crippen LogP contribution is 2.14. The monoisotopic (exact) mass is 231 g/mol. The second-order valence-corrected chi connectivity index (χ2v) is 4.31. The van der Waals surface area contributed by atoms with Crippen molar-refractivity contribution in [3.05, 3.63) is 46.8 Å². The van der Waals surface area contributed by atoms with Gasteiger partial charge in [0, 0.05) is 12.6 Å². The van der Waals surface area contributed by atoms with Crippen LogP contribution in [0.5, 0.6) is 0 Å². The van der Waals surface area contributed by atoms with Crippen molar-refractivity contribution in [3.8, 4) is 0 Å². The van der Waals surface area contributed by atoms with Crippen molar-refractivity contribution in [3.63, 3.8) is 0 Å². The molecule has 0 aliphatic heterocycles. The topological polar surface area (TPSA) is 51.0 Å². The Hall–Kier alpha value is -1.68. The number of benzene rings is 1. The summed E-state index contributed by atoms with van der Waals surface area (Å²) in [6.07, 6.45) is 0. The van der Waals surface area contributed by atoms with E-state index in [1.165, 1.54) is 11.1 Å². The zero-order valence-electron chi connectivity index (χ0n) is 10.4. The van der Waals surface area contributed by atoms with Gasteiger partial charge in [-0.3, -0.25) is 0 Å². The second-order valence-electron chi connectivity index (χ2n) is 4.31. The van der Waals surface area contributed by atoms with Crippen molar-refractivity contribution in [1.82, 2.24) is 15.6 Å². The lowest BCUT2D eigenvalue weighted by Crippen LogP contribution is -2.18. The summed E-state index contributed by atoms with van der Waals surface area (Å²) in [5.74, 6) is 0. The highest BCUT2D eigenvalue weighted by molar-refractivity contribution is 5.24. The van der Waals surface area contributed by atoms with Gasteiger partial charge < -0.3 is 5.32 Å². The zero-order chi connectivity index (χ0) is 12.3. The lowest BCUT2D eigenvalue weighted by molar-refractivity contribution is 0.300. The smallest absolute Gasteiger partial charge is 0.121 e. The van der Waals surface area contributed by atoms with Crippen LogP contribution in [-0.4, -0.2) is 10.3 Å². The van der Waals surface area contributed by atoms with Gasteiger partial charge in [-0.05, 0) is 26.3 Å². The number of hydrogen-bond acceptors (Lipinski definition) is 4. The molecule has 1 heterocycles. The van der Waals surface area contributed by atoms with E-state index in [1.54, 1.807) is 0 Å². The molecule has 0 unspecified atom stereocenters. The van der Waals surface area contributed by atoms with E-state index in [-0.39, 0.29) is 6.04 Å². The van der Waals surface area contributed by atoms with E-state index < -0.39 is 0 Å². The summed E-state index contributed by atoms with van der Waals surface area (Å²) >= 11 is 0. The van der Waals surface area contributed by atoms with Crippen molar-refractivity contribution in [2.75, 3.05) is 0 Å². The predicted octanol–water partition coefficient (Wildman–Crippen LogP) is 2.54. The number of hydrogen-bond donors (Lipinski definition) is 1. The molecule has 17 heavy (non-hydrogen) atoms. The molecule has 0 spiro atoms. The molecule has 0 amide bonds. The van der Waals surface area contributed by atoms with Gasteiger partial charge in [-0.1, -0.05) is 40.1 Å². The quantitative estimate of drug-likeness (QED) is 0.878. The minimum atomic E-state index is 0.283. The van der Waals surface area contributed by atoms with Crippen LogP contribution in [0.3, 0.4) is 0 Å². The predicted molar refractivity (Wildman–Crippen MR) is 65.5 cm³/mol. The van der Waals surface area contributed by atoms with Gasteiger partial charge in [-0.15, -0.1) is 0 Å². The number of nitrogens with one attached hydrogen (secondary N) is 1. The molecule has 4 heteroatoms. The first-order valence-corrected chi connectivity index (χ1v) is 5.75. The number of nitrogens with zero attached hydrogens (tertiary/aromatic N) is 2. The summed E-state index contributed by atoms with van der Waals surface area (Å²) in [6.45, 7) is 6.80. The van der Waals surface area contributed by atoms with Gasteiger partial charge in [0.2, 0.25) is 0 Å². The van der Waals surface area contributed by atoms with Gasteiger partial charge in [0.25, 0.3) is 0 Å². The summed E-state index contributed by atoms with van der Waals surface area (Å²) in [4.78, 5) is 0. The second kappa shape index (κ2) is 5.10. The summed E-state index contributed by atoms with van der Waals surface area (Å²) in [6, 6.07) is 8.77. The molecule has 0 aliphatic carbocycles. The minimum Gasteiger partial charge on any atom is -0.304 e. The molecule has 1 aromatic carbocycles. The first kappa shape index (κ1) is 11.8. The lowest BCUT2D eigenvalue weighted by Gasteiger charge is -2.13. The third-order valence-corrected chi connectivity index (χ3v) is 2.86. The SMILES string of the molecule is Cc1cccc([C@@H](C)NCc2nonc2C)c1. The highest BCUT2D eigenvalue weighted by atomic mass is 16.6. The lowest BCUT2D eigenvalue weighted by atomic mass is 10.1. The van der Waals surface area contributed by atoms with E-state index in [2.05, 4.69) is 58.4 Å². The van der Waals surface area contributed by atoms with Gasteiger partial charge in [0.15, 0.2) is 0 Å². The molecule has 1 aromatic heterocycles. The van der Waals surface area contributed by atoms with Gasteiger partial charge in [0.05, 0.1) is 0 Å². The molecule has 0 radical (unpaired) electrons. The van der Waals surface area contributed by atoms with Crippen LogP contribution in [0.15, 0.2) is 28.9 Å². The minimum absolute atomic E-state index is 0.283. The fraction of sp³-hybridized carbons (Fsp3) is 0.385. The summed E-state index contributed by atoms with van der Waals surface area (Å²) in [7, 11) is 0. The Kier molecular flexibility index (Phi) is 3.54. The average Bonchev–Trinajstić information content (AvgIpc) is 2.72. The number of rotatable bonds is 4. The summed E-state index contributed by atoms with van der Waals surface area (Å²) in [5.41, 5.74) is 4.26. The standard InChI is InChI=1S/C13H17N3O/c1-9-5-4-6-12(7-9)10(2)14-8-13-11(3)15-17-16-13/h4-7,10,14H,8H2,1-3H3/t10-/m1/s1. The maximum Gasteiger partial charge on any atom is 0.121 e. The number of aromatic nitrogens is 2. The van der Waals surface area contributed by atoms with E-state index in [9.17, 15) is 0 Å². The molecule has 4 nitrogen and oxygen atoms in total. The van der Waals surface area contributed by atoms with Gasteiger partial charge >= 0.3 is 0 Å². The van der Waals surface area contributed by atoms with E-state index in [0.29, 0.717) is 6.54 Å². The van der Waals surface area contributed by atoms with Crippen molar-refractivity contribution in [2.24, 2.45) is 0 Å². The van der Waals surface area contributed by atoms with Gasteiger partial charge in [0.1, 0.15) is 11.4 Å². The molecule has 0 bridgehead atoms. The average molecular weight is 231 g/mol. The van der Waals surface area contributed by atoms with E-state index in [1.807, 2.05) is 6.92 Å². The Morgan fingerprint density at radius 2 is 2.12 bits per heavy atom. The van der Waals surface area contributed by atoms with Crippen LogP contribution < -0.4 is 5.32 Å². The summed E-state index contributed by atoms with van der Waals surface area (Å²) < 4.78 is 4.66. The van der Waals surface area contributed by atoms with Crippen LogP contribution in [0.1, 0.15) is 35.5 Å².